The van der Waals surface area contributed by atoms with Crippen molar-refractivity contribution in [2.75, 3.05) is 18.6 Å². The number of benzene rings is 1. The van der Waals surface area contributed by atoms with Crippen molar-refractivity contribution in [3.8, 4) is 5.75 Å². The van der Waals surface area contributed by atoms with Gasteiger partial charge in [-0.25, -0.2) is 0 Å². The average molecular weight is 370 g/mol. The van der Waals surface area contributed by atoms with Crippen LogP contribution in [0.2, 0.25) is 0 Å². The van der Waals surface area contributed by atoms with E-state index in [9.17, 15) is 4.79 Å². The lowest BCUT2D eigenvalue weighted by Crippen LogP contribution is -2.38. The van der Waals surface area contributed by atoms with E-state index < -0.39 is 0 Å². The number of furan rings is 1. The number of hydrogen-bond acceptors (Lipinski definition) is 5. The third kappa shape index (κ3) is 4.53. The number of amides is 1. The van der Waals surface area contributed by atoms with Gasteiger partial charge in [0, 0.05) is 10.6 Å². The van der Waals surface area contributed by atoms with Crippen LogP contribution in [-0.2, 0) is 11.3 Å². The van der Waals surface area contributed by atoms with Gasteiger partial charge in [0.15, 0.2) is 0 Å². The van der Waals surface area contributed by atoms with Gasteiger partial charge in [-0.05, 0) is 54.8 Å². The Morgan fingerprint density at radius 2 is 2.04 bits per heavy atom. The van der Waals surface area contributed by atoms with Gasteiger partial charge in [0.2, 0.25) is 5.91 Å². The molecule has 0 aliphatic carbocycles. The number of nitrogens with zero attached hydrogens (tertiary/aromatic N) is 1. The predicted octanol–water partition coefficient (Wildman–Crippen LogP) is 4.23. The molecule has 0 saturated heterocycles. The zero-order chi connectivity index (χ0) is 18.4. The van der Waals surface area contributed by atoms with E-state index in [1.54, 1.807) is 29.6 Å². The molecular weight excluding hydrogens is 348 g/mol. The fourth-order valence-corrected chi connectivity index (χ4v) is 3.31. The second kappa shape index (κ2) is 8.69. The molecule has 1 atom stereocenters. The molecule has 0 unspecified atom stereocenters. The lowest BCUT2D eigenvalue weighted by atomic mass is 10.2. The first-order valence-corrected chi connectivity index (χ1v) is 9.29. The Balaban J connectivity index is 1.72. The van der Waals surface area contributed by atoms with Crippen molar-refractivity contribution in [3.63, 3.8) is 0 Å². The molecule has 0 radical (unpaired) electrons. The molecule has 2 heterocycles. The third-order valence-corrected chi connectivity index (χ3v) is 4.97. The molecule has 6 heteroatoms. The number of hydrogen-bond donors (Lipinski definition) is 1. The maximum absolute atomic E-state index is 12.9. The highest BCUT2D eigenvalue weighted by atomic mass is 32.1. The molecular formula is C20H22N2O3S. The van der Waals surface area contributed by atoms with Crippen molar-refractivity contribution in [1.82, 2.24) is 5.32 Å². The molecule has 0 aliphatic rings. The SMILES string of the molecule is COc1ccc(N(Cc2cccs2)C(=O)CN[C@@H](C)c2ccco2)cc1. The first-order valence-electron chi connectivity index (χ1n) is 8.41. The van der Waals surface area contributed by atoms with Crippen molar-refractivity contribution >= 4 is 22.9 Å². The largest absolute Gasteiger partial charge is 0.497 e. The summed E-state index contributed by atoms with van der Waals surface area (Å²) in [5.74, 6) is 1.58. The van der Waals surface area contributed by atoms with Crippen molar-refractivity contribution in [1.29, 1.82) is 0 Å². The highest BCUT2D eigenvalue weighted by molar-refractivity contribution is 7.09. The van der Waals surface area contributed by atoms with E-state index in [2.05, 4.69) is 5.32 Å². The quantitative estimate of drug-likeness (QED) is 0.645. The summed E-state index contributed by atoms with van der Waals surface area (Å²) in [6.07, 6.45) is 1.63. The lowest BCUT2D eigenvalue weighted by molar-refractivity contribution is -0.118. The van der Waals surface area contributed by atoms with Crippen molar-refractivity contribution in [3.05, 3.63) is 70.8 Å². The Morgan fingerprint density at radius 1 is 1.23 bits per heavy atom. The van der Waals surface area contributed by atoms with Crippen LogP contribution < -0.4 is 15.0 Å². The number of ether oxygens (including phenoxy) is 1. The maximum Gasteiger partial charge on any atom is 0.241 e. The zero-order valence-corrected chi connectivity index (χ0v) is 15.7. The van der Waals surface area contributed by atoms with Crippen molar-refractivity contribution in [2.24, 2.45) is 0 Å². The molecule has 2 aromatic heterocycles. The molecule has 5 nitrogen and oxygen atoms in total. The number of nitrogens with one attached hydrogen (secondary N) is 1. The van der Waals surface area contributed by atoms with Gasteiger partial charge in [-0.2, -0.15) is 0 Å². The van der Waals surface area contributed by atoms with Crippen molar-refractivity contribution in [2.45, 2.75) is 19.5 Å². The predicted molar refractivity (Wildman–Crippen MR) is 104 cm³/mol. The van der Waals surface area contributed by atoms with Crippen molar-refractivity contribution < 1.29 is 13.9 Å². The first kappa shape index (κ1) is 18.2. The summed E-state index contributed by atoms with van der Waals surface area (Å²) in [5, 5.41) is 5.25. The molecule has 1 amide bonds. The van der Waals surface area contributed by atoms with E-state index in [0.717, 1.165) is 22.1 Å². The van der Waals surface area contributed by atoms with Gasteiger partial charge < -0.3 is 14.1 Å². The smallest absolute Gasteiger partial charge is 0.241 e. The highest BCUT2D eigenvalue weighted by Crippen LogP contribution is 2.23. The average Bonchev–Trinajstić information content (AvgIpc) is 3.38. The summed E-state index contributed by atoms with van der Waals surface area (Å²) < 4.78 is 10.6. The molecule has 26 heavy (non-hydrogen) atoms. The number of carbonyl (C=O) groups excluding carboxylic acids is 1. The Labute approximate surface area is 157 Å². The van der Waals surface area contributed by atoms with Crippen LogP contribution in [0.5, 0.6) is 5.75 Å². The monoisotopic (exact) mass is 370 g/mol. The molecule has 0 aliphatic heterocycles. The van der Waals surface area contributed by atoms with Crippen LogP contribution in [0.25, 0.3) is 0 Å². The van der Waals surface area contributed by atoms with E-state index >= 15 is 0 Å². The van der Waals surface area contributed by atoms with Gasteiger partial charge in [0.05, 0.1) is 32.5 Å². The van der Waals surface area contributed by atoms with Gasteiger partial charge in [0.25, 0.3) is 0 Å². The zero-order valence-electron chi connectivity index (χ0n) is 14.8. The maximum atomic E-state index is 12.9. The second-order valence-corrected chi connectivity index (χ2v) is 6.91. The number of carbonyl (C=O) groups is 1. The highest BCUT2D eigenvalue weighted by Gasteiger charge is 2.18. The van der Waals surface area contributed by atoms with Gasteiger partial charge in [-0.15, -0.1) is 11.3 Å². The Morgan fingerprint density at radius 3 is 2.65 bits per heavy atom. The van der Waals surface area contributed by atoms with E-state index in [4.69, 9.17) is 9.15 Å². The summed E-state index contributed by atoms with van der Waals surface area (Å²) in [4.78, 5) is 15.8. The summed E-state index contributed by atoms with van der Waals surface area (Å²) in [6, 6.07) is 15.3. The van der Waals surface area contributed by atoms with Gasteiger partial charge in [-0.3, -0.25) is 10.1 Å². The molecule has 0 fully saturated rings. The minimum atomic E-state index is -0.0339. The molecule has 136 valence electrons. The molecule has 1 aromatic carbocycles. The number of rotatable bonds is 8. The minimum Gasteiger partial charge on any atom is -0.497 e. The van der Waals surface area contributed by atoms with Gasteiger partial charge in [0.1, 0.15) is 11.5 Å². The molecule has 0 saturated carbocycles. The topological polar surface area (TPSA) is 54.7 Å². The van der Waals surface area contributed by atoms with Crippen LogP contribution in [0, 0.1) is 0 Å². The first-order chi connectivity index (χ1) is 12.7. The summed E-state index contributed by atoms with van der Waals surface area (Å²) in [5.41, 5.74) is 0.844. The fourth-order valence-electron chi connectivity index (χ4n) is 2.62. The van der Waals surface area contributed by atoms with Crippen LogP contribution in [0.15, 0.2) is 64.6 Å². The van der Waals surface area contributed by atoms with Gasteiger partial charge in [-0.1, -0.05) is 6.07 Å². The standard InChI is InChI=1S/C20H22N2O3S/c1-15(19-6-3-11-25-19)21-13-20(23)22(14-18-5-4-12-26-18)16-7-9-17(24-2)10-8-16/h3-12,15,21H,13-14H2,1-2H3/t15-/m0/s1. The van der Waals surface area contributed by atoms with Gasteiger partial charge >= 0.3 is 0 Å². The van der Waals surface area contributed by atoms with E-state index in [1.165, 1.54) is 0 Å². The Kier molecular flexibility index (Phi) is 6.09. The number of thiophene rings is 1. The minimum absolute atomic E-state index is 0.00183. The molecule has 0 spiro atoms. The lowest BCUT2D eigenvalue weighted by Gasteiger charge is -2.23. The molecule has 3 rings (SSSR count). The van der Waals surface area contributed by atoms with Crippen LogP contribution >= 0.6 is 11.3 Å². The molecule has 0 bridgehead atoms. The van der Waals surface area contributed by atoms with E-state index in [1.807, 2.05) is 60.8 Å². The van der Waals surface area contributed by atoms with Crippen LogP contribution in [0.4, 0.5) is 5.69 Å². The fraction of sp³-hybridized carbons (Fsp3) is 0.250. The normalized spacial score (nSPS) is 11.9. The number of methoxy groups -OCH3 is 1. The number of anilines is 1. The Bertz CT molecular complexity index is 798. The molecule has 1 N–H and O–H groups in total. The van der Waals surface area contributed by atoms with Crippen LogP contribution in [-0.4, -0.2) is 19.6 Å². The molecule has 3 aromatic rings. The van der Waals surface area contributed by atoms with Crippen LogP contribution in [0.3, 0.4) is 0 Å². The van der Waals surface area contributed by atoms with E-state index in [0.29, 0.717) is 6.54 Å². The van der Waals surface area contributed by atoms with Crippen LogP contribution in [0.1, 0.15) is 23.6 Å². The second-order valence-electron chi connectivity index (χ2n) is 5.88. The van der Waals surface area contributed by atoms with E-state index in [-0.39, 0.29) is 18.5 Å². The summed E-state index contributed by atoms with van der Waals surface area (Å²) in [7, 11) is 1.63. The summed E-state index contributed by atoms with van der Waals surface area (Å²) in [6.45, 7) is 2.74. The Hall–Kier alpha value is -2.57. The third-order valence-electron chi connectivity index (χ3n) is 4.11. The summed E-state index contributed by atoms with van der Waals surface area (Å²) >= 11 is 1.64.